The molecule has 1 atom stereocenters. The molecule has 100 valence electrons. The van der Waals surface area contributed by atoms with Crippen LogP contribution < -0.4 is 16.0 Å². The van der Waals surface area contributed by atoms with Gasteiger partial charge in [0.05, 0.1) is 11.4 Å². The molecule has 1 aromatic carbocycles. The fourth-order valence-corrected chi connectivity index (χ4v) is 2.61. The van der Waals surface area contributed by atoms with Crippen LogP contribution in [0.25, 0.3) is 0 Å². The normalized spacial score (nSPS) is 20.1. The van der Waals surface area contributed by atoms with Crippen molar-refractivity contribution in [3.8, 4) is 0 Å². The van der Waals surface area contributed by atoms with Crippen LogP contribution in [0.5, 0.6) is 0 Å². The first-order chi connectivity index (χ1) is 9.17. The summed E-state index contributed by atoms with van der Waals surface area (Å²) in [4.78, 5) is 23.0. The molecular weight excluding hydrogens is 242 g/mol. The Morgan fingerprint density at radius 2 is 1.84 bits per heavy atom. The number of hydrogen-bond donors (Lipinski definition) is 3. The lowest BCUT2D eigenvalue weighted by atomic mass is 10.0. The molecule has 1 saturated carbocycles. The summed E-state index contributed by atoms with van der Waals surface area (Å²) < 4.78 is 0. The predicted molar refractivity (Wildman–Crippen MR) is 72.8 cm³/mol. The highest BCUT2D eigenvalue weighted by molar-refractivity contribution is 6.13. The first kappa shape index (κ1) is 12.2. The van der Waals surface area contributed by atoms with Gasteiger partial charge in [0, 0.05) is 6.04 Å². The maximum atomic E-state index is 11.6. The maximum Gasteiger partial charge on any atom is 0.233 e. The number of benzene rings is 1. The van der Waals surface area contributed by atoms with Gasteiger partial charge in [0.15, 0.2) is 0 Å². The zero-order chi connectivity index (χ0) is 13.4. The minimum absolute atomic E-state index is 0.123. The van der Waals surface area contributed by atoms with E-state index >= 15 is 0 Å². The summed E-state index contributed by atoms with van der Waals surface area (Å²) in [6, 6.07) is 6.15. The van der Waals surface area contributed by atoms with E-state index in [4.69, 9.17) is 0 Å². The van der Waals surface area contributed by atoms with E-state index in [0.717, 1.165) is 5.56 Å². The number of amides is 2. The summed E-state index contributed by atoms with van der Waals surface area (Å²) in [5.41, 5.74) is 2.51. The molecular formula is C14H17N3O2. The lowest BCUT2D eigenvalue weighted by Gasteiger charge is -2.18. The van der Waals surface area contributed by atoms with Crippen molar-refractivity contribution in [3.63, 3.8) is 0 Å². The first-order valence-corrected chi connectivity index (χ1v) is 6.58. The molecule has 5 nitrogen and oxygen atoms in total. The molecule has 5 heteroatoms. The second kappa shape index (κ2) is 4.66. The Kier molecular flexibility index (Phi) is 2.98. The number of rotatable bonds is 3. The van der Waals surface area contributed by atoms with Crippen LogP contribution >= 0.6 is 0 Å². The quantitative estimate of drug-likeness (QED) is 0.723. The molecule has 3 rings (SSSR count). The van der Waals surface area contributed by atoms with Gasteiger partial charge in [-0.2, -0.15) is 0 Å². The van der Waals surface area contributed by atoms with Gasteiger partial charge in [-0.15, -0.1) is 0 Å². The van der Waals surface area contributed by atoms with Gasteiger partial charge in [-0.1, -0.05) is 6.07 Å². The molecule has 1 aliphatic heterocycles. The summed E-state index contributed by atoms with van der Waals surface area (Å²) in [6.45, 7) is 0. The van der Waals surface area contributed by atoms with Crippen LogP contribution in [0.3, 0.4) is 0 Å². The lowest BCUT2D eigenvalue weighted by molar-refractivity contribution is -0.123. The Bertz CT molecular complexity index is 537. The van der Waals surface area contributed by atoms with Crippen LogP contribution in [0.4, 0.5) is 11.4 Å². The second-order valence-electron chi connectivity index (χ2n) is 5.18. The largest absolute Gasteiger partial charge is 0.324 e. The van der Waals surface area contributed by atoms with Crippen molar-refractivity contribution in [1.29, 1.82) is 0 Å². The highest BCUT2D eigenvalue weighted by Gasteiger charge is 2.31. The average Bonchev–Trinajstić information content (AvgIpc) is 3.17. The van der Waals surface area contributed by atoms with Gasteiger partial charge in [0.2, 0.25) is 11.8 Å². The molecule has 2 aliphatic rings. The third-order valence-electron chi connectivity index (χ3n) is 3.68. The van der Waals surface area contributed by atoms with Crippen molar-refractivity contribution in [2.75, 3.05) is 17.7 Å². The van der Waals surface area contributed by atoms with E-state index < -0.39 is 0 Å². The SMILES string of the molecule is CNC(c1ccc2c(c1)NC(=O)CC(=O)N2)C1CC1. The highest BCUT2D eigenvalue weighted by atomic mass is 16.2. The maximum absolute atomic E-state index is 11.6. The van der Waals surface area contributed by atoms with Gasteiger partial charge in [0.1, 0.15) is 6.42 Å². The zero-order valence-electron chi connectivity index (χ0n) is 10.8. The minimum Gasteiger partial charge on any atom is -0.324 e. The molecule has 3 N–H and O–H groups in total. The van der Waals surface area contributed by atoms with Crippen molar-refractivity contribution in [2.24, 2.45) is 5.92 Å². The second-order valence-corrected chi connectivity index (χ2v) is 5.18. The number of nitrogens with one attached hydrogen (secondary N) is 3. The van der Waals surface area contributed by atoms with E-state index in [1.165, 1.54) is 12.8 Å². The van der Waals surface area contributed by atoms with Crippen LogP contribution in [-0.2, 0) is 9.59 Å². The predicted octanol–water partition coefficient (Wildman–Crippen LogP) is 1.64. The number of hydrogen-bond acceptors (Lipinski definition) is 3. The van der Waals surface area contributed by atoms with Gasteiger partial charge in [-0.05, 0) is 43.5 Å². The molecule has 2 amide bonds. The Morgan fingerprint density at radius 3 is 2.47 bits per heavy atom. The van der Waals surface area contributed by atoms with Gasteiger partial charge in [-0.25, -0.2) is 0 Å². The Labute approximate surface area is 111 Å². The van der Waals surface area contributed by atoms with Crippen molar-refractivity contribution in [1.82, 2.24) is 5.32 Å². The van der Waals surface area contributed by atoms with E-state index in [1.807, 2.05) is 25.2 Å². The summed E-state index contributed by atoms with van der Waals surface area (Å²) in [5.74, 6) is 0.149. The molecule has 1 aromatic rings. The third-order valence-corrected chi connectivity index (χ3v) is 3.68. The molecule has 0 aromatic heterocycles. The number of fused-ring (bicyclic) bond motifs is 1. The van der Waals surface area contributed by atoms with Gasteiger partial charge >= 0.3 is 0 Å². The molecule has 1 unspecified atom stereocenters. The Hall–Kier alpha value is -1.88. The van der Waals surface area contributed by atoms with Crippen molar-refractivity contribution in [3.05, 3.63) is 23.8 Å². The van der Waals surface area contributed by atoms with Gasteiger partial charge < -0.3 is 16.0 Å². The Balaban J connectivity index is 1.93. The summed E-state index contributed by atoms with van der Waals surface area (Å²) in [5, 5.41) is 8.84. The zero-order valence-corrected chi connectivity index (χ0v) is 10.8. The number of carbonyl (C=O) groups excluding carboxylic acids is 2. The van der Waals surface area contributed by atoms with Crippen LogP contribution in [0, 0.1) is 5.92 Å². The van der Waals surface area contributed by atoms with Crippen LogP contribution in [0.2, 0.25) is 0 Å². The molecule has 0 saturated heterocycles. The van der Waals surface area contributed by atoms with Crippen molar-refractivity contribution >= 4 is 23.2 Å². The molecule has 0 radical (unpaired) electrons. The number of anilines is 2. The molecule has 19 heavy (non-hydrogen) atoms. The van der Waals surface area contributed by atoms with Crippen LogP contribution in [-0.4, -0.2) is 18.9 Å². The summed E-state index contributed by atoms with van der Waals surface area (Å²) in [7, 11) is 1.95. The number of carbonyl (C=O) groups is 2. The average molecular weight is 259 g/mol. The molecule has 0 bridgehead atoms. The van der Waals surface area contributed by atoms with Crippen LogP contribution in [0.15, 0.2) is 18.2 Å². The van der Waals surface area contributed by atoms with Crippen LogP contribution in [0.1, 0.15) is 30.9 Å². The molecule has 1 heterocycles. The minimum atomic E-state index is -0.267. The van der Waals surface area contributed by atoms with E-state index in [9.17, 15) is 9.59 Å². The lowest BCUT2D eigenvalue weighted by Crippen LogP contribution is -2.18. The van der Waals surface area contributed by atoms with E-state index in [0.29, 0.717) is 23.3 Å². The fraction of sp³-hybridized carbons (Fsp3) is 0.429. The van der Waals surface area contributed by atoms with Gasteiger partial charge in [-0.3, -0.25) is 9.59 Å². The summed E-state index contributed by atoms with van der Waals surface area (Å²) in [6.07, 6.45) is 2.36. The van der Waals surface area contributed by atoms with Crippen molar-refractivity contribution in [2.45, 2.75) is 25.3 Å². The summed E-state index contributed by atoms with van der Waals surface area (Å²) >= 11 is 0. The van der Waals surface area contributed by atoms with Gasteiger partial charge in [0.25, 0.3) is 0 Å². The smallest absolute Gasteiger partial charge is 0.233 e. The van der Waals surface area contributed by atoms with E-state index in [1.54, 1.807) is 0 Å². The molecule has 1 aliphatic carbocycles. The first-order valence-electron chi connectivity index (χ1n) is 6.58. The topological polar surface area (TPSA) is 70.2 Å². The monoisotopic (exact) mass is 259 g/mol. The third kappa shape index (κ3) is 2.46. The molecule has 0 spiro atoms. The van der Waals surface area contributed by atoms with E-state index in [2.05, 4.69) is 16.0 Å². The standard InChI is InChI=1S/C14H17N3O2/c1-15-14(8-2-3-8)9-4-5-10-11(6-9)17-13(19)7-12(18)16-10/h4-6,8,14-15H,2-3,7H2,1H3,(H,16,18)(H,17,19). The molecule has 1 fully saturated rings. The fourth-order valence-electron chi connectivity index (χ4n) is 2.61. The van der Waals surface area contributed by atoms with E-state index in [-0.39, 0.29) is 18.2 Å². The van der Waals surface area contributed by atoms with Crippen molar-refractivity contribution < 1.29 is 9.59 Å². The Morgan fingerprint density at radius 1 is 1.16 bits per heavy atom. The highest BCUT2D eigenvalue weighted by Crippen LogP contribution is 2.42.